The van der Waals surface area contributed by atoms with Crippen LogP contribution in [0.5, 0.6) is 5.75 Å². The van der Waals surface area contributed by atoms with Gasteiger partial charge in [-0.1, -0.05) is 23.7 Å². The van der Waals surface area contributed by atoms with Gasteiger partial charge in [0.05, 0.1) is 11.1 Å². The van der Waals surface area contributed by atoms with E-state index in [1.165, 1.54) is 0 Å². The fourth-order valence-corrected chi connectivity index (χ4v) is 3.26. The molecule has 1 fully saturated rings. The molecule has 2 amide bonds. The highest BCUT2D eigenvalue weighted by atomic mass is 35.5. The number of rotatable bonds is 6. The SMILES string of the molecule is CC(C)Oc1ccc(NC(=O)c2cccc(CN3CCCC3=O)c2)cc1Cl. The van der Waals surface area contributed by atoms with Crippen molar-refractivity contribution in [1.82, 2.24) is 4.90 Å². The molecule has 2 aromatic carbocycles. The molecule has 0 unspecified atom stereocenters. The molecular weight excluding hydrogens is 364 g/mol. The molecule has 1 saturated heterocycles. The van der Waals surface area contributed by atoms with Gasteiger partial charge in [0.25, 0.3) is 5.91 Å². The normalized spacial score (nSPS) is 13.9. The van der Waals surface area contributed by atoms with E-state index in [2.05, 4.69) is 5.32 Å². The quantitative estimate of drug-likeness (QED) is 0.795. The molecule has 5 nitrogen and oxygen atoms in total. The number of halogens is 1. The Bertz CT molecular complexity index is 851. The van der Waals surface area contributed by atoms with Crippen molar-refractivity contribution in [1.29, 1.82) is 0 Å². The molecule has 27 heavy (non-hydrogen) atoms. The van der Waals surface area contributed by atoms with E-state index in [1.807, 2.05) is 36.9 Å². The second-order valence-electron chi connectivity index (χ2n) is 6.89. The number of carbonyl (C=O) groups is 2. The zero-order valence-corrected chi connectivity index (χ0v) is 16.3. The van der Waals surface area contributed by atoms with E-state index >= 15 is 0 Å². The van der Waals surface area contributed by atoms with Gasteiger partial charge in [0.15, 0.2) is 0 Å². The Balaban J connectivity index is 1.68. The van der Waals surface area contributed by atoms with E-state index in [0.717, 1.165) is 18.5 Å². The van der Waals surface area contributed by atoms with Crippen LogP contribution in [0.3, 0.4) is 0 Å². The van der Waals surface area contributed by atoms with Crippen LogP contribution in [0.2, 0.25) is 5.02 Å². The lowest BCUT2D eigenvalue weighted by molar-refractivity contribution is -0.128. The third kappa shape index (κ3) is 5.01. The lowest BCUT2D eigenvalue weighted by Crippen LogP contribution is -2.24. The summed E-state index contributed by atoms with van der Waals surface area (Å²) in [7, 11) is 0. The van der Waals surface area contributed by atoms with Gasteiger partial charge in [0.1, 0.15) is 5.75 Å². The van der Waals surface area contributed by atoms with Gasteiger partial charge in [-0.15, -0.1) is 0 Å². The fourth-order valence-electron chi connectivity index (χ4n) is 3.03. The maximum atomic E-state index is 12.6. The van der Waals surface area contributed by atoms with E-state index < -0.39 is 0 Å². The first-order valence-corrected chi connectivity index (χ1v) is 9.44. The molecule has 0 saturated carbocycles. The molecule has 0 aromatic heterocycles. The maximum Gasteiger partial charge on any atom is 0.255 e. The van der Waals surface area contributed by atoms with Crippen molar-refractivity contribution in [2.45, 2.75) is 39.3 Å². The Morgan fingerprint density at radius 1 is 1.26 bits per heavy atom. The highest BCUT2D eigenvalue weighted by molar-refractivity contribution is 6.32. The standard InChI is InChI=1S/C21H23ClN2O3/c1-14(2)27-19-9-8-17(12-18(19)22)23-21(26)16-6-3-5-15(11-16)13-24-10-4-7-20(24)25/h3,5-6,8-9,11-12,14H,4,7,10,13H2,1-2H3,(H,23,26). The first kappa shape index (κ1) is 19.2. The minimum absolute atomic E-state index is 0.0215. The summed E-state index contributed by atoms with van der Waals surface area (Å²) in [5.74, 6) is 0.531. The summed E-state index contributed by atoms with van der Waals surface area (Å²) in [5.41, 5.74) is 2.08. The van der Waals surface area contributed by atoms with Gasteiger partial charge in [0, 0.05) is 30.8 Å². The summed E-state index contributed by atoms with van der Waals surface area (Å²) in [4.78, 5) is 26.2. The molecular formula is C21H23ClN2O3. The van der Waals surface area contributed by atoms with Crippen LogP contribution in [0.1, 0.15) is 42.6 Å². The van der Waals surface area contributed by atoms with Crippen LogP contribution in [0, 0.1) is 0 Å². The third-order valence-corrected chi connectivity index (χ3v) is 4.58. The minimum atomic E-state index is -0.224. The van der Waals surface area contributed by atoms with Crippen LogP contribution < -0.4 is 10.1 Å². The Morgan fingerprint density at radius 2 is 2.07 bits per heavy atom. The number of nitrogens with zero attached hydrogens (tertiary/aromatic N) is 1. The first-order valence-electron chi connectivity index (χ1n) is 9.06. The molecule has 0 radical (unpaired) electrons. The number of hydrogen-bond donors (Lipinski definition) is 1. The van der Waals surface area contributed by atoms with Gasteiger partial charge >= 0.3 is 0 Å². The largest absolute Gasteiger partial charge is 0.489 e. The van der Waals surface area contributed by atoms with Gasteiger partial charge in [-0.2, -0.15) is 0 Å². The van der Waals surface area contributed by atoms with Crippen molar-refractivity contribution >= 4 is 29.1 Å². The summed E-state index contributed by atoms with van der Waals surface area (Å²) in [5, 5.41) is 3.30. The van der Waals surface area contributed by atoms with Crippen LogP contribution in [-0.4, -0.2) is 29.4 Å². The molecule has 0 bridgehead atoms. The van der Waals surface area contributed by atoms with Gasteiger partial charge in [-0.3, -0.25) is 9.59 Å². The summed E-state index contributed by atoms with van der Waals surface area (Å²) < 4.78 is 5.60. The van der Waals surface area contributed by atoms with Gasteiger partial charge in [-0.05, 0) is 56.2 Å². The molecule has 1 heterocycles. The lowest BCUT2D eigenvalue weighted by Gasteiger charge is -2.16. The average Bonchev–Trinajstić information content (AvgIpc) is 3.02. The number of likely N-dealkylation sites (tertiary alicyclic amines) is 1. The zero-order valence-electron chi connectivity index (χ0n) is 15.5. The molecule has 1 aliphatic rings. The predicted octanol–water partition coefficient (Wildman–Crippen LogP) is 4.50. The van der Waals surface area contributed by atoms with E-state index in [-0.39, 0.29) is 17.9 Å². The third-order valence-electron chi connectivity index (χ3n) is 4.29. The fraction of sp³-hybridized carbons (Fsp3) is 0.333. The second-order valence-corrected chi connectivity index (χ2v) is 7.29. The average molecular weight is 387 g/mol. The van der Waals surface area contributed by atoms with Crippen molar-refractivity contribution in [3.63, 3.8) is 0 Å². The molecule has 1 N–H and O–H groups in total. The van der Waals surface area contributed by atoms with Gasteiger partial charge in [0.2, 0.25) is 5.91 Å². The Morgan fingerprint density at radius 3 is 2.74 bits per heavy atom. The smallest absolute Gasteiger partial charge is 0.255 e. The lowest BCUT2D eigenvalue weighted by atomic mass is 10.1. The number of hydrogen-bond acceptors (Lipinski definition) is 3. The molecule has 6 heteroatoms. The number of ether oxygens (including phenoxy) is 1. The van der Waals surface area contributed by atoms with Crippen molar-refractivity contribution in [2.24, 2.45) is 0 Å². The highest BCUT2D eigenvalue weighted by Crippen LogP contribution is 2.28. The van der Waals surface area contributed by atoms with E-state index in [4.69, 9.17) is 16.3 Å². The number of nitrogens with one attached hydrogen (secondary N) is 1. The maximum absolute atomic E-state index is 12.6. The number of anilines is 1. The van der Waals surface area contributed by atoms with Crippen molar-refractivity contribution < 1.29 is 14.3 Å². The van der Waals surface area contributed by atoms with Gasteiger partial charge in [-0.25, -0.2) is 0 Å². The second kappa shape index (κ2) is 8.44. The summed E-state index contributed by atoms with van der Waals surface area (Å²) in [6.45, 7) is 5.16. The van der Waals surface area contributed by atoms with E-state index in [0.29, 0.717) is 35.0 Å². The molecule has 2 aromatic rings. The number of amides is 2. The highest BCUT2D eigenvalue weighted by Gasteiger charge is 2.20. The number of benzene rings is 2. The predicted molar refractivity (Wildman–Crippen MR) is 106 cm³/mol. The Hall–Kier alpha value is -2.53. The van der Waals surface area contributed by atoms with Crippen LogP contribution in [0.25, 0.3) is 0 Å². The van der Waals surface area contributed by atoms with Gasteiger partial charge < -0.3 is 15.0 Å². The molecule has 3 rings (SSSR count). The monoisotopic (exact) mass is 386 g/mol. The Kier molecular flexibility index (Phi) is 6.01. The molecule has 1 aliphatic heterocycles. The summed E-state index contributed by atoms with van der Waals surface area (Å²) >= 11 is 6.22. The van der Waals surface area contributed by atoms with E-state index in [1.54, 1.807) is 24.3 Å². The van der Waals surface area contributed by atoms with Crippen molar-refractivity contribution in [3.05, 3.63) is 58.6 Å². The molecule has 0 spiro atoms. The van der Waals surface area contributed by atoms with Crippen LogP contribution in [0.4, 0.5) is 5.69 Å². The summed E-state index contributed by atoms with van der Waals surface area (Å²) in [6.07, 6.45) is 1.53. The Labute approximate surface area is 164 Å². The molecule has 0 atom stereocenters. The molecule has 0 aliphatic carbocycles. The summed E-state index contributed by atoms with van der Waals surface area (Å²) in [6, 6.07) is 12.5. The minimum Gasteiger partial charge on any atom is -0.489 e. The molecule has 142 valence electrons. The zero-order chi connectivity index (χ0) is 19.4. The van der Waals surface area contributed by atoms with Crippen molar-refractivity contribution in [2.75, 3.05) is 11.9 Å². The van der Waals surface area contributed by atoms with Crippen molar-refractivity contribution in [3.8, 4) is 5.75 Å². The van der Waals surface area contributed by atoms with E-state index in [9.17, 15) is 9.59 Å². The first-order chi connectivity index (χ1) is 12.9. The van der Waals surface area contributed by atoms with Crippen LogP contribution >= 0.6 is 11.6 Å². The van der Waals surface area contributed by atoms with Crippen LogP contribution in [0.15, 0.2) is 42.5 Å². The van der Waals surface area contributed by atoms with Crippen LogP contribution in [-0.2, 0) is 11.3 Å². The number of carbonyl (C=O) groups excluding carboxylic acids is 2. The topological polar surface area (TPSA) is 58.6 Å².